The van der Waals surface area contributed by atoms with Crippen LogP contribution in [0.4, 0.5) is 5.82 Å². The molecular formula is C16H22N4O. The second-order valence-corrected chi connectivity index (χ2v) is 6.39. The maximum Gasteiger partial charge on any atom is 0.247 e. The molecule has 0 aliphatic carbocycles. The highest BCUT2D eigenvalue weighted by atomic mass is 16.2. The zero-order valence-corrected chi connectivity index (χ0v) is 12.7. The van der Waals surface area contributed by atoms with Gasteiger partial charge in [0.25, 0.3) is 0 Å². The van der Waals surface area contributed by atoms with Gasteiger partial charge in [0.15, 0.2) is 5.82 Å². The molecule has 1 heterocycles. The Kier molecular flexibility index (Phi) is 4.43. The molecule has 0 spiro atoms. The highest BCUT2D eigenvalue weighted by molar-refractivity contribution is 5.94. The van der Waals surface area contributed by atoms with E-state index in [0.717, 1.165) is 17.7 Å². The molecule has 5 heteroatoms. The molecule has 0 saturated carbocycles. The average Bonchev–Trinajstić information content (AvgIpc) is 2.83. The normalized spacial score (nSPS) is 13.0. The Morgan fingerprint density at radius 1 is 1.33 bits per heavy atom. The number of nitrogens with zero attached hydrogens (tertiary/aromatic N) is 1. The first-order chi connectivity index (χ1) is 9.85. The van der Waals surface area contributed by atoms with E-state index in [9.17, 15) is 4.79 Å². The summed E-state index contributed by atoms with van der Waals surface area (Å²) in [5, 5.41) is 9.78. The third-order valence-corrected chi connectivity index (χ3v) is 3.04. The molecule has 1 unspecified atom stereocenters. The van der Waals surface area contributed by atoms with Crippen LogP contribution >= 0.6 is 0 Å². The molecule has 112 valence electrons. The van der Waals surface area contributed by atoms with Gasteiger partial charge in [0.1, 0.15) is 6.04 Å². The first-order valence-corrected chi connectivity index (χ1v) is 7.01. The molecule has 4 N–H and O–H groups in total. The Morgan fingerprint density at radius 3 is 2.62 bits per heavy atom. The number of aromatic amines is 1. The van der Waals surface area contributed by atoms with E-state index in [1.54, 1.807) is 0 Å². The molecule has 1 aromatic carbocycles. The van der Waals surface area contributed by atoms with Gasteiger partial charge in [-0.25, -0.2) is 0 Å². The van der Waals surface area contributed by atoms with Crippen molar-refractivity contribution >= 4 is 11.7 Å². The molecule has 0 aliphatic heterocycles. The molecule has 0 radical (unpaired) electrons. The van der Waals surface area contributed by atoms with E-state index in [4.69, 9.17) is 5.73 Å². The lowest BCUT2D eigenvalue weighted by atomic mass is 9.91. The number of nitrogens with two attached hydrogens (primary N) is 1. The highest BCUT2D eigenvalue weighted by Crippen LogP contribution is 2.21. The van der Waals surface area contributed by atoms with Gasteiger partial charge in [-0.15, -0.1) is 0 Å². The Hall–Kier alpha value is -2.14. The topological polar surface area (TPSA) is 83.8 Å². The predicted molar refractivity (Wildman–Crippen MR) is 83.7 cm³/mol. The lowest BCUT2D eigenvalue weighted by Gasteiger charge is -2.15. The summed E-state index contributed by atoms with van der Waals surface area (Å²) in [7, 11) is 0. The number of hydrogen-bond donors (Lipinski definition) is 3. The lowest BCUT2D eigenvalue weighted by molar-refractivity contribution is -0.117. The SMILES string of the molecule is CC(C)(C)Cc1cc(NC(=O)C(N)c2ccccc2)n[nH]1. The minimum absolute atomic E-state index is 0.161. The number of carbonyl (C=O) groups is 1. The summed E-state index contributed by atoms with van der Waals surface area (Å²) in [5.74, 6) is 0.237. The van der Waals surface area contributed by atoms with Crippen molar-refractivity contribution in [2.24, 2.45) is 11.1 Å². The third kappa shape index (κ3) is 4.43. The summed E-state index contributed by atoms with van der Waals surface area (Å²) >= 11 is 0. The third-order valence-electron chi connectivity index (χ3n) is 3.04. The van der Waals surface area contributed by atoms with Crippen LogP contribution in [-0.2, 0) is 11.2 Å². The van der Waals surface area contributed by atoms with E-state index >= 15 is 0 Å². The quantitative estimate of drug-likeness (QED) is 0.808. The molecule has 0 saturated heterocycles. The van der Waals surface area contributed by atoms with E-state index < -0.39 is 6.04 Å². The van der Waals surface area contributed by atoms with Gasteiger partial charge >= 0.3 is 0 Å². The molecule has 2 rings (SSSR count). The van der Waals surface area contributed by atoms with E-state index in [1.807, 2.05) is 36.4 Å². The van der Waals surface area contributed by atoms with E-state index in [0.29, 0.717) is 5.82 Å². The molecular weight excluding hydrogens is 264 g/mol. The van der Waals surface area contributed by atoms with Crippen LogP contribution in [0.25, 0.3) is 0 Å². The van der Waals surface area contributed by atoms with Crippen LogP contribution in [0.5, 0.6) is 0 Å². The Bertz CT molecular complexity index is 598. The highest BCUT2D eigenvalue weighted by Gasteiger charge is 2.18. The van der Waals surface area contributed by atoms with Crippen molar-refractivity contribution < 1.29 is 4.79 Å². The second kappa shape index (κ2) is 6.10. The predicted octanol–water partition coefficient (Wildman–Crippen LogP) is 2.64. The summed E-state index contributed by atoms with van der Waals surface area (Å²) < 4.78 is 0. The van der Waals surface area contributed by atoms with Gasteiger partial charge in [-0.2, -0.15) is 5.10 Å². The van der Waals surface area contributed by atoms with Crippen LogP contribution in [0.1, 0.15) is 38.1 Å². The minimum Gasteiger partial charge on any atom is -0.316 e. The van der Waals surface area contributed by atoms with Crippen LogP contribution in [0.2, 0.25) is 0 Å². The number of aromatic nitrogens is 2. The number of H-pyrrole nitrogens is 1. The van der Waals surface area contributed by atoms with Gasteiger partial charge in [-0.05, 0) is 17.4 Å². The van der Waals surface area contributed by atoms with Crippen LogP contribution < -0.4 is 11.1 Å². The van der Waals surface area contributed by atoms with E-state index in [1.165, 1.54) is 0 Å². The largest absolute Gasteiger partial charge is 0.316 e. The summed E-state index contributed by atoms with van der Waals surface area (Å²) in [6, 6.07) is 10.4. The zero-order valence-electron chi connectivity index (χ0n) is 12.7. The van der Waals surface area contributed by atoms with Crippen molar-refractivity contribution in [1.29, 1.82) is 0 Å². The summed E-state index contributed by atoms with van der Waals surface area (Å²) in [6.07, 6.45) is 0.862. The summed E-state index contributed by atoms with van der Waals surface area (Å²) in [6.45, 7) is 6.45. The van der Waals surface area contributed by atoms with Crippen molar-refractivity contribution in [3.8, 4) is 0 Å². The first kappa shape index (κ1) is 15.3. The minimum atomic E-state index is -0.700. The number of carbonyl (C=O) groups excluding carboxylic acids is 1. The number of amides is 1. The summed E-state index contributed by atoms with van der Waals surface area (Å²) in [5.41, 5.74) is 7.88. The van der Waals surface area contributed by atoms with Gasteiger partial charge < -0.3 is 11.1 Å². The van der Waals surface area contributed by atoms with Gasteiger partial charge in [0.2, 0.25) is 5.91 Å². The Morgan fingerprint density at radius 2 is 2.00 bits per heavy atom. The molecule has 1 amide bonds. The number of benzene rings is 1. The maximum absolute atomic E-state index is 12.1. The fraction of sp³-hybridized carbons (Fsp3) is 0.375. The molecule has 1 atom stereocenters. The number of anilines is 1. The Balaban J connectivity index is 2.00. The van der Waals surface area contributed by atoms with Crippen molar-refractivity contribution in [3.05, 3.63) is 47.7 Å². The fourth-order valence-corrected chi connectivity index (χ4v) is 2.10. The number of nitrogens with one attached hydrogen (secondary N) is 2. The molecule has 2 aromatic rings. The fourth-order valence-electron chi connectivity index (χ4n) is 2.10. The van der Waals surface area contributed by atoms with Gasteiger partial charge in [-0.3, -0.25) is 9.89 Å². The standard InChI is InChI=1S/C16H22N4O/c1-16(2,3)10-12-9-13(20-19-12)18-15(21)14(17)11-7-5-4-6-8-11/h4-9,14H,10,17H2,1-3H3,(H2,18,19,20,21). The lowest BCUT2D eigenvalue weighted by Crippen LogP contribution is -2.27. The van der Waals surface area contributed by atoms with Gasteiger partial charge in [0, 0.05) is 11.8 Å². The zero-order chi connectivity index (χ0) is 15.5. The van der Waals surface area contributed by atoms with E-state index in [2.05, 4.69) is 36.3 Å². The maximum atomic E-state index is 12.1. The molecule has 5 nitrogen and oxygen atoms in total. The van der Waals surface area contributed by atoms with Crippen LogP contribution in [0.15, 0.2) is 36.4 Å². The smallest absolute Gasteiger partial charge is 0.247 e. The van der Waals surface area contributed by atoms with Gasteiger partial charge in [0.05, 0.1) is 0 Å². The monoisotopic (exact) mass is 286 g/mol. The molecule has 21 heavy (non-hydrogen) atoms. The van der Waals surface area contributed by atoms with E-state index in [-0.39, 0.29) is 11.3 Å². The molecule has 0 fully saturated rings. The summed E-state index contributed by atoms with van der Waals surface area (Å²) in [4.78, 5) is 12.1. The van der Waals surface area contributed by atoms with Crippen molar-refractivity contribution in [3.63, 3.8) is 0 Å². The van der Waals surface area contributed by atoms with Crippen LogP contribution in [-0.4, -0.2) is 16.1 Å². The first-order valence-electron chi connectivity index (χ1n) is 7.01. The average molecular weight is 286 g/mol. The molecule has 0 aliphatic rings. The van der Waals surface area contributed by atoms with Crippen LogP contribution in [0, 0.1) is 5.41 Å². The Labute approximate surface area is 124 Å². The second-order valence-electron chi connectivity index (χ2n) is 6.39. The number of rotatable bonds is 4. The van der Waals surface area contributed by atoms with Crippen molar-refractivity contribution in [1.82, 2.24) is 10.2 Å². The van der Waals surface area contributed by atoms with Crippen molar-refractivity contribution in [2.45, 2.75) is 33.2 Å². The number of hydrogen-bond acceptors (Lipinski definition) is 3. The van der Waals surface area contributed by atoms with Crippen LogP contribution in [0.3, 0.4) is 0 Å². The van der Waals surface area contributed by atoms with Crippen molar-refractivity contribution in [2.75, 3.05) is 5.32 Å². The molecule has 0 bridgehead atoms. The molecule has 1 aromatic heterocycles. The van der Waals surface area contributed by atoms with Gasteiger partial charge in [-0.1, -0.05) is 51.1 Å².